The molecule has 3 heteroatoms. The summed E-state index contributed by atoms with van der Waals surface area (Å²) in [5, 5.41) is 7.42. The number of hydrogen-bond acceptors (Lipinski definition) is 1. The molecular weight excluding hydrogens is 195 g/mol. The van der Waals surface area contributed by atoms with Crippen molar-refractivity contribution < 1.29 is 9.90 Å². The molecule has 0 spiro atoms. The van der Waals surface area contributed by atoms with Crippen LogP contribution in [0.15, 0.2) is 0 Å². The minimum Gasteiger partial charge on any atom is -0.481 e. The van der Waals surface area contributed by atoms with Gasteiger partial charge < -0.3 is 5.11 Å². The lowest BCUT2D eigenvalue weighted by Crippen LogP contribution is -2.10. The van der Waals surface area contributed by atoms with Crippen LogP contribution in [0.25, 0.3) is 0 Å². The molecule has 0 bridgehead atoms. The first-order valence-electron chi connectivity index (χ1n) is 5.17. The standard InChI is InChI=1S/C9H21P.C2H4O2/c1-7(2)10(8(3)4)9(5)6;1-2(3)4/h7-9H,1-6H3;1H3,(H,3,4). The fraction of sp³-hybridized carbons (Fsp3) is 0.909. The summed E-state index contributed by atoms with van der Waals surface area (Å²) in [6, 6.07) is 0. The molecule has 0 radical (unpaired) electrons. The molecule has 0 heterocycles. The van der Waals surface area contributed by atoms with Crippen LogP contribution in [-0.2, 0) is 4.79 Å². The third kappa shape index (κ3) is 9.98. The van der Waals surface area contributed by atoms with E-state index < -0.39 is 5.97 Å². The van der Waals surface area contributed by atoms with E-state index >= 15 is 0 Å². The molecule has 0 rings (SSSR count). The minimum atomic E-state index is -0.833. The number of carboxylic acids is 1. The third-order valence-corrected chi connectivity index (χ3v) is 5.37. The fourth-order valence-electron chi connectivity index (χ4n) is 1.79. The van der Waals surface area contributed by atoms with Gasteiger partial charge in [-0.2, -0.15) is 0 Å². The molecule has 0 atom stereocenters. The maximum Gasteiger partial charge on any atom is 0.300 e. The summed E-state index contributed by atoms with van der Waals surface area (Å²) in [5.41, 5.74) is 2.69. The quantitative estimate of drug-likeness (QED) is 0.735. The van der Waals surface area contributed by atoms with Crippen molar-refractivity contribution in [3.63, 3.8) is 0 Å². The summed E-state index contributed by atoms with van der Waals surface area (Å²) in [6.07, 6.45) is 0. The summed E-state index contributed by atoms with van der Waals surface area (Å²) in [5.74, 6) is -0.833. The molecule has 0 fully saturated rings. The van der Waals surface area contributed by atoms with Crippen LogP contribution in [0.4, 0.5) is 0 Å². The Kier molecular flexibility index (Phi) is 9.60. The predicted molar refractivity (Wildman–Crippen MR) is 65.6 cm³/mol. The monoisotopic (exact) mass is 220 g/mol. The fourth-order valence-corrected chi connectivity index (χ4v) is 5.37. The van der Waals surface area contributed by atoms with E-state index in [1.807, 2.05) is 0 Å². The van der Waals surface area contributed by atoms with Gasteiger partial charge in [0.05, 0.1) is 0 Å². The Labute approximate surface area is 89.8 Å². The lowest BCUT2D eigenvalue weighted by Gasteiger charge is -2.29. The highest BCUT2D eigenvalue weighted by Gasteiger charge is 2.19. The Morgan fingerprint density at radius 3 is 1.07 bits per heavy atom. The largest absolute Gasteiger partial charge is 0.481 e. The lowest BCUT2D eigenvalue weighted by molar-refractivity contribution is -0.134. The van der Waals surface area contributed by atoms with Crippen molar-refractivity contribution in [3.05, 3.63) is 0 Å². The molecule has 0 aliphatic heterocycles. The van der Waals surface area contributed by atoms with Crippen LogP contribution in [-0.4, -0.2) is 28.1 Å². The Morgan fingerprint density at radius 2 is 1.07 bits per heavy atom. The van der Waals surface area contributed by atoms with Crippen LogP contribution < -0.4 is 0 Å². The Balaban J connectivity index is 0. The smallest absolute Gasteiger partial charge is 0.300 e. The maximum atomic E-state index is 9.00. The lowest BCUT2D eigenvalue weighted by atomic mass is 10.5. The van der Waals surface area contributed by atoms with E-state index in [0.717, 1.165) is 23.9 Å². The van der Waals surface area contributed by atoms with Gasteiger partial charge in [0.15, 0.2) is 0 Å². The van der Waals surface area contributed by atoms with Crippen LogP contribution in [0.1, 0.15) is 48.5 Å². The Morgan fingerprint density at radius 1 is 0.929 bits per heavy atom. The third-order valence-electron chi connectivity index (χ3n) is 1.79. The highest BCUT2D eigenvalue weighted by molar-refractivity contribution is 7.59. The number of rotatable bonds is 3. The summed E-state index contributed by atoms with van der Waals surface area (Å²) < 4.78 is 0. The highest BCUT2D eigenvalue weighted by Crippen LogP contribution is 2.49. The number of carboxylic acid groups (broad SMARTS) is 1. The predicted octanol–water partition coefficient (Wildman–Crippen LogP) is 3.78. The van der Waals surface area contributed by atoms with Crippen molar-refractivity contribution in [2.45, 2.75) is 65.4 Å². The molecule has 0 saturated heterocycles. The average molecular weight is 220 g/mol. The maximum absolute atomic E-state index is 9.00. The molecule has 0 aromatic heterocycles. The van der Waals surface area contributed by atoms with Gasteiger partial charge in [0, 0.05) is 6.92 Å². The van der Waals surface area contributed by atoms with Gasteiger partial charge in [0.25, 0.3) is 5.97 Å². The number of aliphatic carboxylic acids is 1. The van der Waals surface area contributed by atoms with Crippen LogP contribution in [0.5, 0.6) is 0 Å². The average Bonchev–Trinajstić information content (AvgIpc) is 1.80. The van der Waals surface area contributed by atoms with Gasteiger partial charge in [-0.15, -0.1) is 0 Å². The summed E-state index contributed by atoms with van der Waals surface area (Å²) in [7, 11) is 0.262. The van der Waals surface area contributed by atoms with E-state index in [4.69, 9.17) is 9.90 Å². The summed E-state index contributed by atoms with van der Waals surface area (Å²) in [6.45, 7) is 15.2. The first kappa shape index (κ1) is 16.3. The molecule has 2 nitrogen and oxygen atoms in total. The number of carbonyl (C=O) groups is 1. The second-order valence-corrected chi connectivity index (χ2v) is 8.24. The molecule has 0 aromatic carbocycles. The first-order valence-corrected chi connectivity index (χ1v) is 6.72. The highest BCUT2D eigenvalue weighted by atomic mass is 31.1. The second kappa shape index (κ2) is 8.23. The van der Waals surface area contributed by atoms with Gasteiger partial charge in [-0.05, 0) is 17.0 Å². The van der Waals surface area contributed by atoms with Crippen LogP contribution in [0.3, 0.4) is 0 Å². The summed E-state index contributed by atoms with van der Waals surface area (Å²) >= 11 is 0. The van der Waals surface area contributed by atoms with Crippen LogP contribution in [0, 0.1) is 0 Å². The molecule has 0 aromatic rings. The van der Waals surface area contributed by atoms with Crippen molar-refractivity contribution in [3.8, 4) is 0 Å². The van der Waals surface area contributed by atoms with E-state index in [-0.39, 0.29) is 7.92 Å². The van der Waals surface area contributed by atoms with E-state index in [9.17, 15) is 0 Å². The molecule has 14 heavy (non-hydrogen) atoms. The molecule has 1 N–H and O–H groups in total. The van der Waals surface area contributed by atoms with Gasteiger partial charge in [-0.3, -0.25) is 4.79 Å². The Bertz CT molecular complexity index is 130. The molecule has 0 aliphatic rings. The van der Waals surface area contributed by atoms with Crippen molar-refractivity contribution in [2.75, 3.05) is 0 Å². The van der Waals surface area contributed by atoms with E-state index in [0.29, 0.717) is 0 Å². The van der Waals surface area contributed by atoms with Gasteiger partial charge >= 0.3 is 0 Å². The molecule has 0 amide bonds. The second-order valence-electron chi connectivity index (χ2n) is 4.25. The first-order chi connectivity index (χ1) is 6.20. The zero-order chi connectivity index (χ0) is 11.9. The molecule has 0 aliphatic carbocycles. The van der Waals surface area contributed by atoms with Gasteiger partial charge in [-0.1, -0.05) is 49.5 Å². The normalized spacial score (nSPS) is 10.8. The van der Waals surface area contributed by atoms with Crippen molar-refractivity contribution in [1.29, 1.82) is 0 Å². The van der Waals surface area contributed by atoms with Crippen molar-refractivity contribution in [1.82, 2.24) is 0 Å². The zero-order valence-electron chi connectivity index (χ0n) is 10.5. The zero-order valence-corrected chi connectivity index (χ0v) is 11.4. The molecule has 86 valence electrons. The molecule has 0 unspecified atom stereocenters. The number of hydrogen-bond donors (Lipinski definition) is 1. The summed E-state index contributed by atoms with van der Waals surface area (Å²) in [4.78, 5) is 9.00. The van der Waals surface area contributed by atoms with Gasteiger partial charge in [0.2, 0.25) is 0 Å². The van der Waals surface area contributed by atoms with Gasteiger partial charge in [-0.25, -0.2) is 0 Å². The van der Waals surface area contributed by atoms with Crippen LogP contribution in [0.2, 0.25) is 0 Å². The SMILES string of the molecule is CC(=O)O.CC(C)P(C(C)C)C(C)C. The molecular formula is C11H25O2P. The molecule has 0 saturated carbocycles. The topological polar surface area (TPSA) is 37.3 Å². The van der Waals surface area contributed by atoms with E-state index in [1.165, 1.54) is 0 Å². The van der Waals surface area contributed by atoms with E-state index in [1.54, 1.807) is 0 Å². The van der Waals surface area contributed by atoms with Crippen molar-refractivity contribution in [2.24, 2.45) is 0 Å². The van der Waals surface area contributed by atoms with E-state index in [2.05, 4.69) is 41.5 Å². The van der Waals surface area contributed by atoms with Crippen molar-refractivity contribution >= 4 is 13.9 Å². The van der Waals surface area contributed by atoms with Crippen LogP contribution >= 0.6 is 7.92 Å². The minimum absolute atomic E-state index is 0.262. The van der Waals surface area contributed by atoms with Gasteiger partial charge in [0.1, 0.15) is 0 Å². The Hall–Kier alpha value is -0.100.